The van der Waals surface area contributed by atoms with Crippen molar-refractivity contribution in [3.63, 3.8) is 0 Å². The van der Waals surface area contributed by atoms with Crippen LogP contribution >= 0.6 is 11.8 Å². The van der Waals surface area contributed by atoms with Gasteiger partial charge in [0.1, 0.15) is 6.33 Å². The molecule has 0 aliphatic heterocycles. The monoisotopic (exact) mass is 328 g/mol. The fraction of sp³-hybridized carbons (Fsp3) is 0.182. The van der Waals surface area contributed by atoms with Gasteiger partial charge in [-0.2, -0.15) is 23.3 Å². The zero-order valence-electron chi connectivity index (χ0n) is 10.7. The maximum absolute atomic E-state index is 12.9. The molecule has 0 atom stereocenters. The van der Waals surface area contributed by atoms with Crippen molar-refractivity contribution in [1.82, 2.24) is 30.3 Å². The largest absolute Gasteiger partial charge is 0.417 e. The SMILES string of the molecule is FC(F)(F)c1ccncc1-c1nc(CSc2ncn[nH]2)no1. The highest BCUT2D eigenvalue weighted by molar-refractivity contribution is 7.98. The molecule has 0 aliphatic carbocycles. The van der Waals surface area contributed by atoms with E-state index in [2.05, 4.69) is 30.3 Å². The number of thioether (sulfide) groups is 1. The topological polar surface area (TPSA) is 93.4 Å². The Labute approximate surface area is 125 Å². The highest BCUT2D eigenvalue weighted by atomic mass is 32.2. The van der Waals surface area contributed by atoms with Crippen molar-refractivity contribution in [1.29, 1.82) is 0 Å². The maximum Gasteiger partial charge on any atom is 0.417 e. The number of nitrogens with zero attached hydrogens (tertiary/aromatic N) is 5. The molecule has 0 fully saturated rings. The zero-order chi connectivity index (χ0) is 15.6. The summed E-state index contributed by atoms with van der Waals surface area (Å²) in [6.45, 7) is 0. The van der Waals surface area contributed by atoms with Gasteiger partial charge in [-0.25, -0.2) is 4.98 Å². The fourth-order valence-corrected chi connectivity index (χ4v) is 2.25. The molecule has 22 heavy (non-hydrogen) atoms. The minimum Gasteiger partial charge on any atom is -0.334 e. The number of pyridine rings is 1. The minimum absolute atomic E-state index is 0.228. The van der Waals surface area contributed by atoms with Crippen LogP contribution in [0.1, 0.15) is 11.4 Å². The van der Waals surface area contributed by atoms with Crippen LogP contribution < -0.4 is 0 Å². The van der Waals surface area contributed by atoms with Crippen LogP contribution in [0.3, 0.4) is 0 Å². The molecule has 0 radical (unpaired) electrons. The molecule has 0 aromatic carbocycles. The third-order valence-corrected chi connectivity index (χ3v) is 3.43. The molecule has 3 heterocycles. The number of hydrogen-bond acceptors (Lipinski definition) is 7. The van der Waals surface area contributed by atoms with Gasteiger partial charge in [0.2, 0.25) is 0 Å². The van der Waals surface area contributed by atoms with Crippen LogP contribution in [-0.2, 0) is 11.9 Å². The average Bonchev–Trinajstić information content (AvgIpc) is 3.16. The predicted octanol–water partition coefficient (Wildman–Crippen LogP) is 2.56. The molecule has 3 rings (SSSR count). The van der Waals surface area contributed by atoms with Gasteiger partial charge in [-0.3, -0.25) is 10.1 Å². The number of nitrogens with one attached hydrogen (secondary N) is 1. The van der Waals surface area contributed by atoms with E-state index in [0.717, 1.165) is 18.5 Å². The lowest BCUT2D eigenvalue weighted by atomic mass is 10.1. The van der Waals surface area contributed by atoms with E-state index in [4.69, 9.17) is 4.52 Å². The van der Waals surface area contributed by atoms with Gasteiger partial charge in [0, 0.05) is 12.4 Å². The van der Waals surface area contributed by atoms with E-state index in [1.54, 1.807) is 0 Å². The Morgan fingerprint density at radius 2 is 2.18 bits per heavy atom. The second-order valence-electron chi connectivity index (χ2n) is 4.01. The standard InChI is InChI=1S/C11H7F3N6OS/c12-11(13,14)7-1-2-15-3-6(7)9-18-8(20-21-9)4-22-10-16-5-17-19-10/h1-3,5H,4H2,(H,16,17,19). The third-order valence-electron chi connectivity index (χ3n) is 2.56. The predicted molar refractivity (Wildman–Crippen MR) is 68.5 cm³/mol. The normalized spacial score (nSPS) is 11.8. The lowest BCUT2D eigenvalue weighted by Gasteiger charge is -2.08. The Hall–Kier alpha value is -2.43. The molecule has 0 amide bonds. The number of rotatable bonds is 4. The summed E-state index contributed by atoms with van der Waals surface area (Å²) < 4.78 is 43.7. The molecule has 3 aromatic heterocycles. The highest BCUT2D eigenvalue weighted by Crippen LogP contribution is 2.35. The molecular formula is C11H7F3N6OS. The van der Waals surface area contributed by atoms with E-state index in [1.807, 2.05) is 0 Å². The molecular weight excluding hydrogens is 321 g/mol. The van der Waals surface area contributed by atoms with Crippen molar-refractivity contribution in [2.24, 2.45) is 0 Å². The summed E-state index contributed by atoms with van der Waals surface area (Å²) in [5.41, 5.74) is -1.13. The Balaban J connectivity index is 1.82. The van der Waals surface area contributed by atoms with Crippen LogP contribution in [0.2, 0.25) is 0 Å². The summed E-state index contributed by atoms with van der Waals surface area (Å²) in [6, 6.07) is 0.864. The summed E-state index contributed by atoms with van der Waals surface area (Å²) >= 11 is 1.25. The maximum atomic E-state index is 12.9. The van der Waals surface area contributed by atoms with Crippen LogP contribution in [0.15, 0.2) is 34.5 Å². The lowest BCUT2D eigenvalue weighted by Crippen LogP contribution is -2.07. The summed E-state index contributed by atoms with van der Waals surface area (Å²) in [4.78, 5) is 11.5. The van der Waals surface area contributed by atoms with E-state index < -0.39 is 11.7 Å². The van der Waals surface area contributed by atoms with E-state index >= 15 is 0 Å². The van der Waals surface area contributed by atoms with E-state index in [0.29, 0.717) is 5.16 Å². The number of aromatic amines is 1. The summed E-state index contributed by atoms with van der Waals surface area (Å²) in [5.74, 6) is 0.294. The Morgan fingerprint density at radius 3 is 2.91 bits per heavy atom. The molecule has 114 valence electrons. The molecule has 7 nitrogen and oxygen atoms in total. The summed E-state index contributed by atoms with van der Waals surface area (Å²) in [5, 5.41) is 10.5. The number of hydrogen-bond donors (Lipinski definition) is 1. The lowest BCUT2D eigenvalue weighted by molar-refractivity contribution is -0.137. The average molecular weight is 328 g/mol. The Bertz CT molecular complexity index is 757. The van der Waals surface area contributed by atoms with Crippen LogP contribution in [0.4, 0.5) is 13.2 Å². The second kappa shape index (κ2) is 5.75. The quantitative estimate of drug-likeness (QED) is 0.736. The smallest absolute Gasteiger partial charge is 0.334 e. The van der Waals surface area contributed by atoms with Crippen LogP contribution in [0, 0.1) is 0 Å². The van der Waals surface area contributed by atoms with Gasteiger partial charge in [-0.1, -0.05) is 16.9 Å². The first kappa shape index (κ1) is 14.5. The third kappa shape index (κ3) is 3.08. The van der Waals surface area contributed by atoms with Crippen LogP contribution in [-0.4, -0.2) is 30.3 Å². The Morgan fingerprint density at radius 1 is 1.32 bits per heavy atom. The number of aromatic nitrogens is 6. The molecule has 0 bridgehead atoms. The molecule has 0 unspecified atom stereocenters. The van der Waals surface area contributed by atoms with E-state index in [9.17, 15) is 13.2 Å². The molecule has 0 spiro atoms. The first-order chi connectivity index (χ1) is 10.5. The highest BCUT2D eigenvalue weighted by Gasteiger charge is 2.35. The van der Waals surface area contributed by atoms with E-state index in [1.165, 1.54) is 18.1 Å². The number of H-pyrrole nitrogens is 1. The van der Waals surface area contributed by atoms with Gasteiger partial charge in [-0.15, -0.1) is 0 Å². The van der Waals surface area contributed by atoms with Gasteiger partial charge in [0.25, 0.3) is 5.89 Å². The van der Waals surface area contributed by atoms with Crippen LogP contribution in [0.25, 0.3) is 11.5 Å². The molecule has 0 aliphatic rings. The van der Waals surface area contributed by atoms with Crippen molar-refractivity contribution in [3.05, 3.63) is 36.2 Å². The molecule has 0 saturated carbocycles. The second-order valence-corrected chi connectivity index (χ2v) is 4.98. The summed E-state index contributed by atoms with van der Waals surface area (Å²) in [7, 11) is 0. The van der Waals surface area contributed by atoms with Gasteiger partial charge in [-0.05, 0) is 6.07 Å². The van der Waals surface area contributed by atoms with Gasteiger partial charge in [0.15, 0.2) is 11.0 Å². The first-order valence-corrected chi connectivity index (χ1v) is 6.85. The van der Waals surface area contributed by atoms with Gasteiger partial charge in [0.05, 0.1) is 16.9 Å². The van der Waals surface area contributed by atoms with Gasteiger partial charge < -0.3 is 4.52 Å². The Kier molecular flexibility index (Phi) is 3.79. The fourth-order valence-electron chi connectivity index (χ4n) is 1.63. The van der Waals surface area contributed by atoms with E-state index in [-0.39, 0.29) is 23.0 Å². The summed E-state index contributed by atoms with van der Waals surface area (Å²) in [6.07, 6.45) is -1.08. The molecule has 3 aromatic rings. The first-order valence-electron chi connectivity index (χ1n) is 5.86. The van der Waals surface area contributed by atoms with Crippen molar-refractivity contribution in [2.75, 3.05) is 0 Å². The molecule has 1 N–H and O–H groups in total. The molecule has 11 heteroatoms. The minimum atomic E-state index is -4.53. The van der Waals surface area contributed by atoms with Crippen molar-refractivity contribution in [2.45, 2.75) is 17.1 Å². The zero-order valence-corrected chi connectivity index (χ0v) is 11.5. The van der Waals surface area contributed by atoms with Crippen LogP contribution in [0.5, 0.6) is 0 Å². The van der Waals surface area contributed by atoms with Crippen molar-refractivity contribution in [3.8, 4) is 11.5 Å². The molecule has 0 saturated heterocycles. The van der Waals surface area contributed by atoms with Crippen molar-refractivity contribution < 1.29 is 17.7 Å². The van der Waals surface area contributed by atoms with Gasteiger partial charge >= 0.3 is 6.18 Å². The number of halogens is 3. The van der Waals surface area contributed by atoms with Crippen molar-refractivity contribution >= 4 is 11.8 Å². The number of alkyl halides is 3.